The zero-order chi connectivity index (χ0) is 19.8. The van der Waals surface area contributed by atoms with E-state index < -0.39 is 11.9 Å². The van der Waals surface area contributed by atoms with Crippen molar-refractivity contribution in [3.63, 3.8) is 0 Å². The maximum atomic E-state index is 12.2. The molecule has 0 unspecified atom stereocenters. The number of carbonyl (C=O) groups excluding carboxylic acids is 2. The molecule has 7 nitrogen and oxygen atoms in total. The molecule has 0 fully saturated rings. The molecule has 1 aromatic heterocycles. The number of aromatic nitrogens is 2. The van der Waals surface area contributed by atoms with Gasteiger partial charge in [-0.3, -0.25) is 4.79 Å². The van der Waals surface area contributed by atoms with Gasteiger partial charge in [-0.25, -0.2) is 9.48 Å². The molecule has 1 aromatic carbocycles. The Morgan fingerprint density at radius 1 is 1.22 bits per heavy atom. The molecule has 2 aromatic rings. The standard InChI is InChI=1S/C20H25N3O4/c1-5-26-19(24)12-15(4)21-20(25)18-10-11-23(22-18)13-27-17-8-6-16(7-9-17)14(2)3/h6-12,14H,5,13H2,1-4H3,(H,21,25)/b15-12+. The summed E-state index contributed by atoms with van der Waals surface area (Å²) in [6.07, 6.45) is 2.88. The number of nitrogens with one attached hydrogen (secondary N) is 1. The van der Waals surface area contributed by atoms with E-state index >= 15 is 0 Å². The monoisotopic (exact) mass is 371 g/mol. The number of allylic oxidation sites excluding steroid dienone is 1. The van der Waals surface area contributed by atoms with Gasteiger partial charge in [0.2, 0.25) is 0 Å². The predicted molar refractivity (Wildman–Crippen MR) is 101 cm³/mol. The van der Waals surface area contributed by atoms with E-state index in [4.69, 9.17) is 9.47 Å². The molecule has 0 aliphatic heterocycles. The molecule has 0 saturated heterocycles. The Bertz CT molecular complexity index is 807. The van der Waals surface area contributed by atoms with Crippen LogP contribution in [0.5, 0.6) is 5.75 Å². The second-order valence-corrected chi connectivity index (χ2v) is 6.27. The van der Waals surface area contributed by atoms with Crippen LogP contribution in [0.15, 0.2) is 48.3 Å². The van der Waals surface area contributed by atoms with Crippen molar-refractivity contribution in [3.8, 4) is 5.75 Å². The van der Waals surface area contributed by atoms with Gasteiger partial charge in [0.1, 0.15) is 5.75 Å². The van der Waals surface area contributed by atoms with Crippen molar-refractivity contribution < 1.29 is 19.1 Å². The van der Waals surface area contributed by atoms with Gasteiger partial charge >= 0.3 is 5.97 Å². The smallest absolute Gasteiger partial charge is 0.332 e. The van der Waals surface area contributed by atoms with E-state index in [1.807, 2.05) is 24.3 Å². The lowest BCUT2D eigenvalue weighted by atomic mass is 10.0. The minimum atomic E-state index is -0.502. The highest BCUT2D eigenvalue weighted by Gasteiger charge is 2.11. The Hall–Kier alpha value is -3.09. The molecule has 27 heavy (non-hydrogen) atoms. The summed E-state index contributed by atoms with van der Waals surface area (Å²) in [6.45, 7) is 8.06. The third-order valence-electron chi connectivity index (χ3n) is 3.72. The third kappa shape index (κ3) is 6.29. The number of amides is 1. The second-order valence-electron chi connectivity index (χ2n) is 6.27. The van der Waals surface area contributed by atoms with Gasteiger partial charge in [-0.1, -0.05) is 26.0 Å². The van der Waals surface area contributed by atoms with Gasteiger partial charge in [-0.05, 0) is 43.5 Å². The van der Waals surface area contributed by atoms with E-state index in [1.165, 1.54) is 16.3 Å². The number of ether oxygens (including phenoxy) is 2. The van der Waals surface area contributed by atoms with Gasteiger partial charge < -0.3 is 14.8 Å². The van der Waals surface area contributed by atoms with Crippen LogP contribution in [0.3, 0.4) is 0 Å². The first-order valence-electron chi connectivity index (χ1n) is 8.81. The van der Waals surface area contributed by atoms with Crippen LogP contribution in [0, 0.1) is 0 Å². The highest BCUT2D eigenvalue weighted by molar-refractivity contribution is 5.94. The van der Waals surface area contributed by atoms with E-state index in [9.17, 15) is 9.59 Å². The summed E-state index contributed by atoms with van der Waals surface area (Å²) in [5.74, 6) is 0.285. The van der Waals surface area contributed by atoms with Crippen LogP contribution in [0.4, 0.5) is 0 Å². The number of hydrogen-bond acceptors (Lipinski definition) is 5. The number of carbonyl (C=O) groups is 2. The number of rotatable bonds is 8. The number of hydrogen-bond donors (Lipinski definition) is 1. The number of esters is 1. The summed E-state index contributed by atoms with van der Waals surface area (Å²) in [6, 6.07) is 9.46. The van der Waals surface area contributed by atoms with E-state index in [1.54, 1.807) is 26.1 Å². The van der Waals surface area contributed by atoms with Crippen molar-refractivity contribution in [2.75, 3.05) is 6.61 Å². The minimum Gasteiger partial charge on any atom is -0.471 e. The van der Waals surface area contributed by atoms with E-state index in [-0.39, 0.29) is 19.0 Å². The topological polar surface area (TPSA) is 82.5 Å². The average molecular weight is 371 g/mol. The van der Waals surface area contributed by atoms with Crippen molar-refractivity contribution in [1.29, 1.82) is 0 Å². The predicted octanol–water partition coefficient (Wildman–Crippen LogP) is 3.24. The first-order chi connectivity index (χ1) is 12.9. The van der Waals surface area contributed by atoms with Crippen LogP contribution in [-0.4, -0.2) is 28.3 Å². The summed E-state index contributed by atoms with van der Waals surface area (Å²) >= 11 is 0. The fourth-order valence-electron chi connectivity index (χ4n) is 2.28. The van der Waals surface area contributed by atoms with Gasteiger partial charge in [0.05, 0.1) is 6.61 Å². The third-order valence-corrected chi connectivity index (χ3v) is 3.72. The van der Waals surface area contributed by atoms with E-state index in [0.717, 1.165) is 5.75 Å². The SMILES string of the molecule is CCOC(=O)/C=C(\C)NC(=O)c1ccn(COc2ccc(C(C)C)cc2)n1. The normalized spacial score (nSPS) is 11.4. The molecule has 0 radical (unpaired) electrons. The van der Waals surface area contributed by atoms with Crippen molar-refractivity contribution in [1.82, 2.24) is 15.1 Å². The molecule has 0 aliphatic rings. The summed E-state index contributed by atoms with van der Waals surface area (Å²) in [5, 5.41) is 6.77. The first-order valence-corrected chi connectivity index (χ1v) is 8.81. The molecule has 2 rings (SSSR count). The lowest BCUT2D eigenvalue weighted by Gasteiger charge is -2.09. The molecule has 7 heteroatoms. The molecule has 144 valence electrons. The molecule has 1 amide bonds. The summed E-state index contributed by atoms with van der Waals surface area (Å²) in [5.41, 5.74) is 1.85. The first kappa shape index (κ1) is 20.2. The van der Waals surface area contributed by atoms with Gasteiger partial charge in [0, 0.05) is 18.0 Å². The zero-order valence-corrected chi connectivity index (χ0v) is 16.1. The fraction of sp³-hybridized carbons (Fsp3) is 0.350. The fourth-order valence-corrected chi connectivity index (χ4v) is 2.28. The number of nitrogens with zero attached hydrogens (tertiary/aromatic N) is 2. The van der Waals surface area contributed by atoms with Crippen molar-refractivity contribution >= 4 is 11.9 Å². The quantitative estimate of drug-likeness (QED) is 0.569. The van der Waals surface area contributed by atoms with E-state index in [2.05, 4.69) is 24.3 Å². The lowest BCUT2D eigenvalue weighted by molar-refractivity contribution is -0.137. The van der Waals surface area contributed by atoms with Crippen LogP contribution in [0.2, 0.25) is 0 Å². The Morgan fingerprint density at radius 3 is 2.56 bits per heavy atom. The molecular formula is C20H25N3O4. The summed E-state index contributed by atoms with van der Waals surface area (Å²) in [4.78, 5) is 23.5. The van der Waals surface area contributed by atoms with Crippen molar-refractivity contribution in [3.05, 3.63) is 59.6 Å². The average Bonchev–Trinajstić information content (AvgIpc) is 3.09. The maximum Gasteiger partial charge on any atom is 0.332 e. The molecule has 0 spiro atoms. The second kappa shape index (κ2) is 9.56. The molecule has 1 N–H and O–H groups in total. The highest BCUT2D eigenvalue weighted by Crippen LogP contribution is 2.18. The van der Waals surface area contributed by atoms with Gasteiger partial charge in [-0.15, -0.1) is 0 Å². The van der Waals surface area contributed by atoms with Gasteiger partial charge in [0.25, 0.3) is 5.91 Å². The van der Waals surface area contributed by atoms with Gasteiger partial charge in [0.15, 0.2) is 12.4 Å². The molecular weight excluding hydrogens is 346 g/mol. The van der Waals surface area contributed by atoms with Crippen LogP contribution >= 0.6 is 0 Å². The molecule has 0 aliphatic carbocycles. The Labute approximate surface area is 159 Å². The highest BCUT2D eigenvalue weighted by atomic mass is 16.5. The molecule has 0 bridgehead atoms. The van der Waals surface area contributed by atoms with Crippen LogP contribution in [-0.2, 0) is 16.3 Å². The summed E-state index contributed by atoms with van der Waals surface area (Å²) < 4.78 is 12.0. The molecule has 0 atom stereocenters. The maximum absolute atomic E-state index is 12.2. The van der Waals surface area contributed by atoms with Crippen molar-refractivity contribution in [2.24, 2.45) is 0 Å². The largest absolute Gasteiger partial charge is 0.471 e. The Morgan fingerprint density at radius 2 is 1.93 bits per heavy atom. The van der Waals surface area contributed by atoms with Crippen LogP contribution in [0.25, 0.3) is 0 Å². The number of benzene rings is 1. The van der Waals surface area contributed by atoms with Gasteiger partial charge in [-0.2, -0.15) is 5.10 Å². The van der Waals surface area contributed by atoms with E-state index in [0.29, 0.717) is 11.6 Å². The zero-order valence-electron chi connectivity index (χ0n) is 16.1. The van der Waals surface area contributed by atoms with Crippen molar-refractivity contribution in [2.45, 2.75) is 40.3 Å². The van der Waals surface area contributed by atoms with Crippen LogP contribution in [0.1, 0.15) is 49.7 Å². The molecule has 1 heterocycles. The Kier molecular flexibility index (Phi) is 7.16. The molecule has 0 saturated carbocycles. The minimum absolute atomic E-state index is 0.186. The van der Waals surface area contributed by atoms with Crippen LogP contribution < -0.4 is 10.1 Å². The Balaban J connectivity index is 1.90. The summed E-state index contributed by atoms with van der Waals surface area (Å²) in [7, 11) is 0. The lowest BCUT2D eigenvalue weighted by Crippen LogP contribution is -2.23.